The van der Waals surface area contributed by atoms with Gasteiger partial charge in [-0.05, 0) is 38.1 Å². The molecule has 4 aromatic rings. The van der Waals surface area contributed by atoms with E-state index in [9.17, 15) is 0 Å². The van der Waals surface area contributed by atoms with Gasteiger partial charge in [-0.1, -0.05) is 23.2 Å². The van der Waals surface area contributed by atoms with E-state index < -0.39 is 17.5 Å². The molecule has 3 N–H and O–H groups in total. The Hall–Kier alpha value is -2.98. The number of hydrogen-bond donors (Lipinski definition) is 2. The number of nitrogens with one attached hydrogen (secondary N) is 1. The number of H-pyrrole nitrogens is 1. The maximum absolute atomic E-state index is 15.1. The zero-order valence-corrected chi connectivity index (χ0v) is 21.3. The van der Waals surface area contributed by atoms with Crippen LogP contribution < -0.4 is 15.4 Å². The summed E-state index contributed by atoms with van der Waals surface area (Å²) in [7, 11) is 0. The largest absolute Gasteiger partial charge is 0.486 e. The number of benzene rings is 1. The SMILES string of the molecule is CCOCC1(N)CN(c2ncc(-c3n[nH]c4ccc(O[C@H](C)c5c(Cl)cncc5Cl)cc34)cc2F)C1. The molecule has 0 amide bonds. The average Bonchev–Trinajstić information content (AvgIpc) is 3.24. The molecule has 1 aromatic carbocycles. The molecule has 0 aliphatic carbocycles. The fraction of sp³-hybridized carbons (Fsp3) is 0.320. The summed E-state index contributed by atoms with van der Waals surface area (Å²) in [6.07, 6.45) is 4.24. The molecule has 5 rings (SSSR count). The minimum atomic E-state index is -0.487. The van der Waals surface area contributed by atoms with Gasteiger partial charge in [0.1, 0.15) is 17.5 Å². The third-order valence-corrected chi connectivity index (χ3v) is 6.75. The predicted octanol–water partition coefficient (Wildman–Crippen LogP) is 5.16. The molecule has 11 heteroatoms. The van der Waals surface area contributed by atoms with Crippen LogP contribution in [0.5, 0.6) is 5.75 Å². The van der Waals surface area contributed by atoms with E-state index in [1.807, 2.05) is 36.9 Å². The Balaban J connectivity index is 1.37. The van der Waals surface area contributed by atoms with Crippen molar-refractivity contribution in [3.63, 3.8) is 0 Å². The van der Waals surface area contributed by atoms with Crippen molar-refractivity contribution < 1.29 is 13.9 Å². The van der Waals surface area contributed by atoms with Gasteiger partial charge in [0.2, 0.25) is 0 Å². The third kappa shape index (κ3) is 4.71. The summed E-state index contributed by atoms with van der Waals surface area (Å²) in [6.45, 7) is 5.75. The number of aromatic amines is 1. The van der Waals surface area contributed by atoms with Gasteiger partial charge in [0.05, 0.1) is 27.7 Å². The lowest BCUT2D eigenvalue weighted by Crippen LogP contribution is -2.70. The Morgan fingerprint density at radius 1 is 1.19 bits per heavy atom. The van der Waals surface area contributed by atoms with Crippen molar-refractivity contribution in [1.82, 2.24) is 20.2 Å². The fourth-order valence-corrected chi connectivity index (χ4v) is 5.08. The summed E-state index contributed by atoms with van der Waals surface area (Å²) in [4.78, 5) is 10.2. The van der Waals surface area contributed by atoms with Crippen LogP contribution in [-0.4, -0.2) is 52.0 Å². The molecule has 8 nitrogen and oxygen atoms in total. The minimum Gasteiger partial charge on any atom is -0.486 e. The number of pyridine rings is 2. The first-order valence-corrected chi connectivity index (χ1v) is 12.2. The van der Waals surface area contributed by atoms with Crippen molar-refractivity contribution >= 4 is 39.9 Å². The molecule has 36 heavy (non-hydrogen) atoms. The first-order valence-electron chi connectivity index (χ1n) is 11.5. The zero-order chi connectivity index (χ0) is 25.4. The number of aromatic nitrogens is 4. The van der Waals surface area contributed by atoms with Gasteiger partial charge in [-0.15, -0.1) is 0 Å². The van der Waals surface area contributed by atoms with Gasteiger partial charge in [-0.25, -0.2) is 9.37 Å². The second-order valence-electron chi connectivity index (χ2n) is 8.94. The van der Waals surface area contributed by atoms with E-state index in [4.69, 9.17) is 38.4 Å². The van der Waals surface area contributed by atoms with Gasteiger partial charge in [-0.3, -0.25) is 10.1 Å². The van der Waals surface area contributed by atoms with Crippen molar-refractivity contribution in [2.24, 2.45) is 5.73 Å². The number of fused-ring (bicyclic) bond motifs is 1. The minimum absolute atomic E-state index is 0.264. The second-order valence-corrected chi connectivity index (χ2v) is 9.76. The van der Waals surface area contributed by atoms with Gasteiger partial charge in [0.25, 0.3) is 0 Å². The Kier molecular flexibility index (Phi) is 6.74. The predicted molar refractivity (Wildman–Crippen MR) is 138 cm³/mol. The molecule has 0 spiro atoms. The van der Waals surface area contributed by atoms with Crippen LogP contribution in [0.2, 0.25) is 10.0 Å². The zero-order valence-electron chi connectivity index (χ0n) is 19.8. The van der Waals surface area contributed by atoms with E-state index in [2.05, 4.69) is 20.2 Å². The number of hydrogen-bond acceptors (Lipinski definition) is 7. The molecular weight excluding hydrogens is 506 g/mol. The highest BCUT2D eigenvalue weighted by molar-refractivity contribution is 6.35. The summed E-state index contributed by atoms with van der Waals surface area (Å²) in [5.41, 5.74) is 8.33. The molecule has 1 fully saturated rings. The number of nitrogens with zero attached hydrogens (tertiary/aromatic N) is 4. The summed E-state index contributed by atoms with van der Waals surface area (Å²) in [5.74, 6) is 0.408. The molecule has 1 aliphatic rings. The van der Waals surface area contributed by atoms with Gasteiger partial charge in [0, 0.05) is 54.8 Å². The quantitative estimate of drug-likeness (QED) is 0.324. The first kappa shape index (κ1) is 24.7. The van der Waals surface area contributed by atoms with Crippen LogP contribution in [0, 0.1) is 5.82 Å². The van der Waals surface area contributed by atoms with Crippen molar-refractivity contribution in [2.75, 3.05) is 31.2 Å². The molecule has 188 valence electrons. The van der Waals surface area contributed by atoms with Crippen LogP contribution in [0.25, 0.3) is 22.2 Å². The summed E-state index contributed by atoms with van der Waals surface area (Å²) in [6, 6.07) is 6.94. The Morgan fingerprint density at radius 3 is 2.64 bits per heavy atom. The summed E-state index contributed by atoms with van der Waals surface area (Å²) in [5, 5.41) is 8.99. The molecule has 4 heterocycles. The van der Waals surface area contributed by atoms with Crippen LogP contribution in [-0.2, 0) is 4.74 Å². The maximum Gasteiger partial charge on any atom is 0.166 e. The van der Waals surface area contributed by atoms with Crippen LogP contribution in [0.4, 0.5) is 10.2 Å². The first-order chi connectivity index (χ1) is 17.3. The lowest BCUT2D eigenvalue weighted by molar-refractivity contribution is 0.0804. The van der Waals surface area contributed by atoms with Gasteiger partial charge in [-0.2, -0.15) is 5.10 Å². The molecule has 3 aromatic heterocycles. The lowest BCUT2D eigenvalue weighted by Gasteiger charge is -2.48. The van der Waals surface area contributed by atoms with Crippen molar-refractivity contribution in [2.45, 2.75) is 25.5 Å². The number of nitrogens with two attached hydrogens (primary N) is 1. The smallest absolute Gasteiger partial charge is 0.166 e. The Labute approximate surface area is 217 Å². The normalized spacial score (nSPS) is 15.7. The van der Waals surface area contributed by atoms with E-state index in [-0.39, 0.29) is 5.82 Å². The van der Waals surface area contributed by atoms with Crippen molar-refractivity contribution in [3.05, 3.63) is 64.3 Å². The van der Waals surface area contributed by atoms with Crippen LogP contribution in [0.3, 0.4) is 0 Å². The monoisotopic (exact) mass is 530 g/mol. The lowest BCUT2D eigenvalue weighted by atomic mass is 9.92. The van der Waals surface area contributed by atoms with E-state index in [1.165, 1.54) is 18.5 Å². The van der Waals surface area contributed by atoms with Gasteiger partial charge < -0.3 is 20.1 Å². The van der Waals surface area contributed by atoms with Crippen LogP contribution in [0.15, 0.2) is 42.9 Å². The fourth-order valence-electron chi connectivity index (χ4n) is 4.41. The molecule has 0 radical (unpaired) electrons. The van der Waals surface area contributed by atoms with Crippen molar-refractivity contribution in [3.8, 4) is 17.0 Å². The van der Waals surface area contributed by atoms with E-state index in [0.29, 0.717) is 58.9 Å². The van der Waals surface area contributed by atoms with E-state index in [0.717, 1.165) is 10.9 Å². The van der Waals surface area contributed by atoms with Crippen molar-refractivity contribution in [1.29, 1.82) is 0 Å². The van der Waals surface area contributed by atoms with E-state index >= 15 is 4.39 Å². The number of ether oxygens (including phenoxy) is 2. The summed E-state index contributed by atoms with van der Waals surface area (Å²) >= 11 is 12.5. The Bertz CT molecular complexity index is 1390. The second kappa shape index (κ2) is 9.82. The third-order valence-electron chi connectivity index (χ3n) is 6.14. The highest BCUT2D eigenvalue weighted by Crippen LogP contribution is 2.36. The molecule has 0 unspecified atom stereocenters. The number of halogens is 3. The number of anilines is 1. The number of rotatable bonds is 8. The summed E-state index contributed by atoms with van der Waals surface area (Å²) < 4.78 is 26.6. The highest BCUT2D eigenvalue weighted by atomic mass is 35.5. The highest BCUT2D eigenvalue weighted by Gasteiger charge is 2.41. The molecule has 0 bridgehead atoms. The molecule has 1 atom stereocenters. The molecule has 0 saturated carbocycles. The molecule has 1 saturated heterocycles. The van der Waals surface area contributed by atoms with Gasteiger partial charge in [0.15, 0.2) is 11.6 Å². The van der Waals surface area contributed by atoms with Crippen LogP contribution in [0.1, 0.15) is 25.5 Å². The van der Waals surface area contributed by atoms with Gasteiger partial charge >= 0.3 is 0 Å². The molecule has 1 aliphatic heterocycles. The Morgan fingerprint density at radius 2 is 1.94 bits per heavy atom. The standard InChI is InChI=1S/C25H25Cl2FN6O2/c1-3-35-13-25(29)11-34(12-25)24-20(28)6-15(8-31-24)23-17-7-16(4-5-21(17)32-33-23)36-14(2)22-18(26)9-30-10-19(22)27/h4-10,14H,3,11-13,29H2,1-2H3,(H,32,33)/t14-/m1/s1. The topological polar surface area (TPSA) is 102 Å². The maximum atomic E-state index is 15.1. The van der Waals surface area contributed by atoms with Crippen LogP contribution >= 0.6 is 23.2 Å². The molecular formula is C25H25Cl2FN6O2. The van der Waals surface area contributed by atoms with E-state index in [1.54, 1.807) is 6.20 Å². The average molecular weight is 531 g/mol.